The summed E-state index contributed by atoms with van der Waals surface area (Å²) in [5.74, 6) is 0.103. The van der Waals surface area contributed by atoms with Gasteiger partial charge in [-0.3, -0.25) is 14.8 Å². The van der Waals surface area contributed by atoms with Crippen molar-refractivity contribution in [2.45, 2.75) is 95.3 Å². The van der Waals surface area contributed by atoms with Crippen LogP contribution >= 0.6 is 0 Å². The van der Waals surface area contributed by atoms with Crippen molar-refractivity contribution >= 4 is 55.3 Å². The zero-order valence-corrected chi connectivity index (χ0v) is 36.4. The number of nitrogens with one attached hydrogen (secondary N) is 4. The zero-order chi connectivity index (χ0) is 43.4. The summed E-state index contributed by atoms with van der Waals surface area (Å²) in [7, 11) is -4.10. The molecule has 2 aromatic carbocycles. The van der Waals surface area contributed by atoms with E-state index in [9.17, 15) is 18.0 Å². The molecular formula is C47H54N8O6S. The summed E-state index contributed by atoms with van der Waals surface area (Å²) in [5, 5.41) is 14.9. The van der Waals surface area contributed by atoms with Crippen molar-refractivity contribution in [2.24, 2.45) is 5.92 Å². The van der Waals surface area contributed by atoms with Crippen molar-refractivity contribution in [1.29, 1.82) is 0 Å². The Labute approximate surface area is 362 Å². The van der Waals surface area contributed by atoms with E-state index < -0.39 is 21.7 Å². The molecule has 62 heavy (non-hydrogen) atoms. The maximum absolute atomic E-state index is 14.3. The molecule has 1 aliphatic carbocycles. The number of alkyl carbamates (subject to hydrolysis) is 1. The van der Waals surface area contributed by atoms with Gasteiger partial charge in [-0.25, -0.2) is 22.2 Å². The van der Waals surface area contributed by atoms with Gasteiger partial charge in [-0.2, -0.15) is 0 Å². The fraction of sp³-hybridized carbons (Fsp3) is 0.383. The first-order valence-corrected chi connectivity index (χ1v) is 22.8. The molecule has 4 N–H and O–H groups in total. The first kappa shape index (κ1) is 42.6. The predicted molar refractivity (Wildman–Crippen MR) is 241 cm³/mol. The summed E-state index contributed by atoms with van der Waals surface area (Å²) in [6, 6.07) is 18.1. The van der Waals surface area contributed by atoms with E-state index in [-0.39, 0.29) is 40.6 Å². The molecule has 8 rings (SSSR count). The van der Waals surface area contributed by atoms with Gasteiger partial charge in [0.1, 0.15) is 5.60 Å². The molecule has 2 fully saturated rings. The zero-order valence-electron chi connectivity index (χ0n) is 35.6. The lowest BCUT2D eigenvalue weighted by Crippen LogP contribution is -2.42. The van der Waals surface area contributed by atoms with Crippen LogP contribution in [0.15, 0.2) is 96.5 Å². The first-order chi connectivity index (χ1) is 29.8. The number of aromatic nitrogens is 4. The molecule has 1 saturated heterocycles. The smallest absolute Gasteiger partial charge is 0.407 e. The predicted octanol–water partition coefficient (Wildman–Crippen LogP) is 8.21. The molecule has 4 aromatic heterocycles. The van der Waals surface area contributed by atoms with E-state index in [1.807, 2.05) is 58.2 Å². The van der Waals surface area contributed by atoms with Crippen molar-refractivity contribution in [2.75, 3.05) is 30.4 Å². The van der Waals surface area contributed by atoms with Crippen LogP contribution in [0.25, 0.3) is 33.1 Å². The quantitative estimate of drug-likeness (QED) is 0.0933. The maximum atomic E-state index is 14.3. The van der Waals surface area contributed by atoms with Crippen molar-refractivity contribution in [3.8, 4) is 11.1 Å². The molecule has 14 nitrogen and oxygen atoms in total. The lowest BCUT2D eigenvalue weighted by Gasteiger charge is -2.32. The maximum Gasteiger partial charge on any atom is 0.407 e. The Morgan fingerprint density at radius 3 is 2.37 bits per heavy atom. The van der Waals surface area contributed by atoms with Gasteiger partial charge in [-0.05, 0) is 120 Å². The monoisotopic (exact) mass is 858 g/mol. The minimum atomic E-state index is -4.10. The molecule has 1 saturated carbocycles. The van der Waals surface area contributed by atoms with E-state index in [1.165, 1.54) is 10.2 Å². The minimum Gasteiger partial charge on any atom is -0.444 e. The van der Waals surface area contributed by atoms with Gasteiger partial charge in [0.05, 0.1) is 33.5 Å². The van der Waals surface area contributed by atoms with Gasteiger partial charge < -0.3 is 30.7 Å². The number of carbonyl (C=O) groups is 2. The second-order valence-electron chi connectivity index (χ2n) is 17.4. The van der Waals surface area contributed by atoms with E-state index >= 15 is 0 Å². The molecule has 2 aliphatic rings. The van der Waals surface area contributed by atoms with Crippen molar-refractivity contribution in [1.82, 2.24) is 29.6 Å². The molecule has 0 radical (unpaired) electrons. The normalized spacial score (nSPS) is 17.4. The van der Waals surface area contributed by atoms with E-state index in [2.05, 4.69) is 31.2 Å². The van der Waals surface area contributed by atoms with E-state index in [4.69, 9.17) is 14.5 Å². The number of fused-ring (bicyclic) bond motifs is 2. The van der Waals surface area contributed by atoms with Crippen molar-refractivity contribution in [3.05, 3.63) is 108 Å². The summed E-state index contributed by atoms with van der Waals surface area (Å²) < 4.78 is 41.0. The highest BCUT2D eigenvalue weighted by Crippen LogP contribution is 2.39. The number of anilines is 2. The highest BCUT2D eigenvalue weighted by atomic mass is 32.2. The van der Waals surface area contributed by atoms with Crippen LogP contribution in [0.5, 0.6) is 0 Å². The molecule has 0 unspecified atom stereocenters. The minimum absolute atomic E-state index is 0.0132. The van der Waals surface area contributed by atoms with E-state index in [0.717, 1.165) is 97.3 Å². The summed E-state index contributed by atoms with van der Waals surface area (Å²) in [6.07, 6.45) is 13.0. The number of nitrogens with zero attached hydrogens (tertiary/aromatic N) is 4. The summed E-state index contributed by atoms with van der Waals surface area (Å²) in [6.45, 7) is 9.99. The molecule has 0 spiro atoms. The second-order valence-corrected chi connectivity index (χ2v) is 19.2. The molecule has 324 valence electrons. The molecular weight excluding hydrogens is 805 g/mol. The fourth-order valence-electron chi connectivity index (χ4n) is 8.14. The highest BCUT2D eigenvalue weighted by molar-refractivity contribution is 7.90. The van der Waals surface area contributed by atoms with Crippen LogP contribution in [0.2, 0.25) is 0 Å². The van der Waals surface area contributed by atoms with Gasteiger partial charge in [-0.15, -0.1) is 0 Å². The molecule has 1 aliphatic heterocycles. The number of ether oxygens (including phenoxy) is 2. The summed E-state index contributed by atoms with van der Waals surface area (Å²) >= 11 is 0. The van der Waals surface area contributed by atoms with Crippen LogP contribution in [0.4, 0.5) is 16.2 Å². The Bertz CT molecular complexity index is 2670. The number of pyridine rings is 3. The molecule has 0 atom stereocenters. The van der Waals surface area contributed by atoms with Crippen LogP contribution in [0.3, 0.4) is 0 Å². The number of hydrogen-bond acceptors (Lipinski definition) is 11. The first-order valence-electron chi connectivity index (χ1n) is 21.3. The number of carbonyl (C=O) groups excluding carboxylic acids is 2. The fourth-order valence-corrected chi connectivity index (χ4v) is 9.47. The highest BCUT2D eigenvalue weighted by Gasteiger charge is 2.28. The number of aryl methyl sites for hydroxylation is 1. The number of rotatable bonds is 12. The topological polar surface area (TPSA) is 178 Å². The average Bonchev–Trinajstić information content (AvgIpc) is 3.66. The van der Waals surface area contributed by atoms with Gasteiger partial charge in [0.15, 0.2) is 5.65 Å². The van der Waals surface area contributed by atoms with Gasteiger partial charge in [0.25, 0.3) is 15.9 Å². The SMILES string of the molecule is Cc1ccc(S(=O)(=O)n2cc(-c3ccc4ncc(NCC5CCOCC5)c(N[C@H]5CC[C@H](NC(=O)OC(C)(C)C)CC5)c4c3)c3cc(C(=O)NCc4cccnc4)cnc32)cc1. The van der Waals surface area contributed by atoms with Gasteiger partial charge >= 0.3 is 6.09 Å². The van der Waals surface area contributed by atoms with Gasteiger partial charge in [0.2, 0.25) is 0 Å². The molecule has 2 amide bonds. The van der Waals surface area contributed by atoms with Crippen LogP contribution in [-0.4, -0.2) is 76.8 Å². The van der Waals surface area contributed by atoms with Crippen molar-refractivity contribution < 1.29 is 27.5 Å². The third kappa shape index (κ3) is 9.84. The molecule has 0 bridgehead atoms. The Morgan fingerprint density at radius 2 is 1.65 bits per heavy atom. The molecule has 6 aromatic rings. The third-order valence-corrected chi connectivity index (χ3v) is 13.2. The van der Waals surface area contributed by atoms with Crippen LogP contribution in [0, 0.1) is 12.8 Å². The molecule has 5 heterocycles. The van der Waals surface area contributed by atoms with Crippen molar-refractivity contribution in [3.63, 3.8) is 0 Å². The standard InChI is InChI=1S/C47H54N8O6S/c1-30-7-14-37(15-8-30)62(58,59)55-29-40(38-23-34(27-51-44(38)55)45(56)52-26-32-6-5-19-48-24-32)33-9-16-41-39(22-33)43(42(28-50-41)49-25-31-17-20-60-21-18-31)53-35-10-12-36(13-11-35)54-46(57)61-47(2,3)4/h5-9,14-16,19,22-24,27-29,31,35-36,49H,10-13,17-18,20-21,25-26H2,1-4H3,(H,50,53)(H,52,56)(H,54,57)/t35-,36-. The van der Waals surface area contributed by atoms with E-state index in [1.54, 1.807) is 55.0 Å². The van der Waals surface area contributed by atoms with Crippen LogP contribution in [0.1, 0.15) is 80.8 Å². The van der Waals surface area contributed by atoms with Gasteiger partial charge in [0, 0.05) is 79.5 Å². The Balaban J connectivity index is 1.17. The third-order valence-electron chi connectivity index (χ3n) is 11.5. The number of benzene rings is 2. The Hall–Kier alpha value is -6.06. The number of amides is 2. The molecule has 15 heteroatoms. The Morgan fingerprint density at radius 1 is 0.887 bits per heavy atom. The largest absolute Gasteiger partial charge is 0.444 e. The van der Waals surface area contributed by atoms with E-state index in [0.29, 0.717) is 16.9 Å². The average molecular weight is 859 g/mol. The summed E-state index contributed by atoms with van der Waals surface area (Å²) in [5.41, 5.74) is 5.54. The lowest BCUT2D eigenvalue weighted by atomic mass is 9.90. The lowest BCUT2D eigenvalue weighted by molar-refractivity contribution is 0.0491. The summed E-state index contributed by atoms with van der Waals surface area (Å²) in [4.78, 5) is 39.9. The van der Waals surface area contributed by atoms with Gasteiger partial charge in [-0.1, -0.05) is 29.8 Å². The number of hydrogen-bond donors (Lipinski definition) is 4. The van der Waals surface area contributed by atoms with Crippen LogP contribution < -0.4 is 21.3 Å². The van der Waals surface area contributed by atoms with Crippen LogP contribution in [-0.2, 0) is 26.0 Å². The second kappa shape index (κ2) is 18.1. The Kier molecular flexibility index (Phi) is 12.5.